The van der Waals surface area contributed by atoms with Crippen LogP contribution in [0, 0.1) is 21.4 Å². The summed E-state index contributed by atoms with van der Waals surface area (Å²) >= 11 is 0. The molecule has 7 heteroatoms. The van der Waals surface area contributed by atoms with Crippen LogP contribution in [0.1, 0.15) is 17.5 Å². The van der Waals surface area contributed by atoms with E-state index in [1.807, 2.05) is 12.1 Å². The second kappa shape index (κ2) is 9.03. The number of non-ortho nitro benzene ring substituents is 1. The highest BCUT2D eigenvalue weighted by Crippen LogP contribution is 2.14. The highest BCUT2D eigenvalue weighted by Gasteiger charge is 2.04. The Morgan fingerprint density at radius 1 is 1.08 bits per heavy atom. The molecule has 0 aromatic heterocycles. The van der Waals surface area contributed by atoms with Gasteiger partial charge in [0.05, 0.1) is 16.6 Å². The molecule has 0 aliphatic rings. The predicted octanol–water partition coefficient (Wildman–Crippen LogP) is 2.63. The lowest BCUT2D eigenvalue weighted by Gasteiger charge is -2.08. The van der Waals surface area contributed by atoms with Crippen LogP contribution in [0.4, 0.5) is 11.4 Å². The first-order valence-corrected chi connectivity index (χ1v) is 7.82. The Morgan fingerprint density at radius 3 is 2.36 bits per heavy atom. The molecule has 0 saturated heterocycles. The van der Waals surface area contributed by atoms with Crippen LogP contribution in [0.5, 0.6) is 0 Å². The summed E-state index contributed by atoms with van der Waals surface area (Å²) in [6.45, 7) is 0.990. The minimum absolute atomic E-state index is 0.0432. The Labute approximate surface area is 145 Å². The van der Waals surface area contributed by atoms with Gasteiger partial charge in [0.25, 0.3) is 5.69 Å². The van der Waals surface area contributed by atoms with Gasteiger partial charge in [0.1, 0.15) is 0 Å². The lowest BCUT2D eigenvalue weighted by molar-refractivity contribution is -0.384. The van der Waals surface area contributed by atoms with Crippen molar-refractivity contribution >= 4 is 17.3 Å². The van der Waals surface area contributed by atoms with Crippen LogP contribution >= 0.6 is 0 Å². The van der Waals surface area contributed by atoms with Crippen molar-refractivity contribution < 1.29 is 9.72 Å². The number of amides is 1. The van der Waals surface area contributed by atoms with Gasteiger partial charge in [0, 0.05) is 37.3 Å². The monoisotopic (exact) mass is 338 g/mol. The summed E-state index contributed by atoms with van der Waals surface area (Å²) in [5.74, 6) is -0.0464. The van der Waals surface area contributed by atoms with Gasteiger partial charge in [0.2, 0.25) is 5.91 Å². The highest BCUT2D eigenvalue weighted by atomic mass is 16.6. The van der Waals surface area contributed by atoms with Crippen LogP contribution in [0.3, 0.4) is 0 Å². The number of benzene rings is 2. The number of hydrogen-bond acceptors (Lipinski definition) is 5. The molecule has 0 saturated carbocycles. The zero-order valence-electron chi connectivity index (χ0n) is 13.6. The van der Waals surface area contributed by atoms with Gasteiger partial charge in [-0.05, 0) is 36.2 Å². The Bertz CT molecular complexity index is 764. The van der Waals surface area contributed by atoms with Gasteiger partial charge in [-0.25, -0.2) is 0 Å². The van der Waals surface area contributed by atoms with Crippen LogP contribution in [-0.4, -0.2) is 23.9 Å². The van der Waals surface area contributed by atoms with Crippen molar-refractivity contribution in [3.63, 3.8) is 0 Å². The van der Waals surface area contributed by atoms with Crippen LogP contribution in [-0.2, 0) is 11.2 Å². The molecule has 0 aliphatic carbocycles. The molecule has 0 aliphatic heterocycles. The summed E-state index contributed by atoms with van der Waals surface area (Å²) in [6.07, 6.45) is 0.997. The molecule has 1 amide bonds. The highest BCUT2D eigenvalue weighted by molar-refractivity contribution is 5.76. The minimum Gasteiger partial charge on any atom is -0.383 e. The molecule has 0 radical (unpaired) electrons. The molecule has 0 atom stereocenters. The molecule has 2 aromatic rings. The fraction of sp³-hybridized carbons (Fsp3) is 0.222. The average Bonchev–Trinajstić information content (AvgIpc) is 2.64. The zero-order valence-corrected chi connectivity index (χ0v) is 13.6. The van der Waals surface area contributed by atoms with Gasteiger partial charge >= 0.3 is 0 Å². The topological polar surface area (TPSA) is 108 Å². The van der Waals surface area contributed by atoms with E-state index in [-0.39, 0.29) is 11.6 Å². The summed E-state index contributed by atoms with van der Waals surface area (Å²) in [4.78, 5) is 21.9. The molecule has 0 fully saturated rings. The first-order valence-electron chi connectivity index (χ1n) is 7.82. The molecule has 0 heterocycles. The van der Waals surface area contributed by atoms with E-state index in [9.17, 15) is 14.9 Å². The number of rotatable bonds is 8. The second-order valence-electron chi connectivity index (χ2n) is 5.39. The van der Waals surface area contributed by atoms with E-state index in [2.05, 4.69) is 16.7 Å². The predicted molar refractivity (Wildman–Crippen MR) is 94.1 cm³/mol. The lowest BCUT2D eigenvalue weighted by Crippen LogP contribution is -2.28. The van der Waals surface area contributed by atoms with E-state index >= 15 is 0 Å². The van der Waals surface area contributed by atoms with Gasteiger partial charge in [-0.15, -0.1) is 0 Å². The number of carbonyl (C=O) groups excluding carboxylic acids is 1. The van der Waals surface area contributed by atoms with Crippen LogP contribution in [0.2, 0.25) is 0 Å². The summed E-state index contributed by atoms with van der Waals surface area (Å²) in [7, 11) is 0. The molecular formula is C18H18N4O3. The normalized spacial score (nSPS) is 9.88. The molecule has 0 unspecified atom stereocenters. The lowest BCUT2D eigenvalue weighted by atomic mass is 10.1. The maximum Gasteiger partial charge on any atom is 0.269 e. The smallest absolute Gasteiger partial charge is 0.269 e. The number of hydrogen-bond donors (Lipinski definition) is 2. The Balaban J connectivity index is 1.64. The first-order chi connectivity index (χ1) is 12.1. The molecule has 7 nitrogen and oxygen atoms in total. The number of aryl methyl sites for hydroxylation is 1. The van der Waals surface area contributed by atoms with Gasteiger partial charge in [-0.3, -0.25) is 14.9 Å². The number of nitro groups is 1. The molecule has 2 N–H and O–H groups in total. The van der Waals surface area contributed by atoms with Crippen molar-refractivity contribution in [3.8, 4) is 6.07 Å². The molecule has 0 spiro atoms. The molecule has 2 aromatic carbocycles. The van der Waals surface area contributed by atoms with Crippen molar-refractivity contribution in [2.75, 3.05) is 18.4 Å². The van der Waals surface area contributed by atoms with Crippen LogP contribution < -0.4 is 10.6 Å². The maximum absolute atomic E-state index is 11.8. The fourth-order valence-corrected chi connectivity index (χ4v) is 2.20. The summed E-state index contributed by atoms with van der Waals surface area (Å²) in [5.41, 5.74) is 2.42. The summed E-state index contributed by atoms with van der Waals surface area (Å²) in [6, 6.07) is 15.3. The van der Waals surface area contributed by atoms with Gasteiger partial charge in [-0.1, -0.05) is 12.1 Å². The van der Waals surface area contributed by atoms with Gasteiger partial charge in [0.15, 0.2) is 0 Å². The Kier molecular flexibility index (Phi) is 6.48. The summed E-state index contributed by atoms with van der Waals surface area (Å²) < 4.78 is 0. The van der Waals surface area contributed by atoms with E-state index in [1.165, 1.54) is 12.1 Å². The number of nitro benzene ring substituents is 1. The number of nitrogens with one attached hydrogen (secondary N) is 2. The largest absolute Gasteiger partial charge is 0.383 e. The SMILES string of the molecule is N#Cc1ccc(CCC(=O)NCCNc2ccc([N+](=O)[O-])cc2)cc1. The molecule has 0 bridgehead atoms. The number of nitriles is 1. The third-order valence-corrected chi connectivity index (χ3v) is 3.58. The van der Waals surface area contributed by atoms with E-state index < -0.39 is 4.92 Å². The van der Waals surface area contributed by atoms with Crippen molar-refractivity contribution in [1.82, 2.24) is 5.32 Å². The maximum atomic E-state index is 11.8. The van der Waals surface area contributed by atoms with E-state index in [0.29, 0.717) is 31.5 Å². The van der Waals surface area contributed by atoms with Crippen LogP contribution in [0.15, 0.2) is 48.5 Å². The quantitative estimate of drug-likeness (QED) is 0.437. The summed E-state index contributed by atoms with van der Waals surface area (Å²) in [5, 5.41) is 25.2. The van der Waals surface area contributed by atoms with E-state index in [1.54, 1.807) is 24.3 Å². The fourth-order valence-electron chi connectivity index (χ4n) is 2.20. The molecule has 128 valence electrons. The van der Waals surface area contributed by atoms with Crippen molar-refractivity contribution in [3.05, 3.63) is 69.8 Å². The third-order valence-electron chi connectivity index (χ3n) is 3.58. The molecule has 25 heavy (non-hydrogen) atoms. The van der Waals surface area contributed by atoms with Crippen molar-refractivity contribution in [2.45, 2.75) is 12.8 Å². The standard InChI is InChI=1S/C18H18N4O3/c19-13-15-3-1-14(2-4-15)5-10-18(23)21-12-11-20-16-6-8-17(9-7-16)22(24)25/h1-4,6-9,20H,5,10-12H2,(H,21,23). The van der Waals surface area contributed by atoms with E-state index in [0.717, 1.165) is 11.3 Å². The van der Waals surface area contributed by atoms with E-state index in [4.69, 9.17) is 5.26 Å². The Morgan fingerprint density at radius 2 is 1.76 bits per heavy atom. The third kappa shape index (κ3) is 5.95. The van der Waals surface area contributed by atoms with Crippen LogP contribution in [0.25, 0.3) is 0 Å². The van der Waals surface area contributed by atoms with Crippen molar-refractivity contribution in [1.29, 1.82) is 5.26 Å². The minimum atomic E-state index is -0.447. The number of carbonyl (C=O) groups is 1. The second-order valence-corrected chi connectivity index (χ2v) is 5.39. The van der Waals surface area contributed by atoms with Gasteiger partial charge < -0.3 is 10.6 Å². The first kappa shape index (κ1) is 17.9. The number of nitrogens with zero attached hydrogens (tertiary/aromatic N) is 2. The zero-order chi connectivity index (χ0) is 18.1. The van der Waals surface area contributed by atoms with Crippen molar-refractivity contribution in [2.24, 2.45) is 0 Å². The van der Waals surface area contributed by atoms with Gasteiger partial charge in [-0.2, -0.15) is 5.26 Å². The average molecular weight is 338 g/mol. The number of anilines is 1. The molecular weight excluding hydrogens is 320 g/mol. The Hall–Kier alpha value is -3.40. The molecule has 2 rings (SSSR count).